The van der Waals surface area contributed by atoms with Gasteiger partial charge in [0.25, 0.3) is 5.91 Å². The summed E-state index contributed by atoms with van der Waals surface area (Å²) in [7, 11) is 3.63. The van der Waals surface area contributed by atoms with E-state index in [4.69, 9.17) is 5.10 Å². The number of carbonyl (C=O) groups excluding carboxylic acids is 1. The van der Waals surface area contributed by atoms with E-state index in [0.29, 0.717) is 17.8 Å². The third kappa shape index (κ3) is 4.72. The van der Waals surface area contributed by atoms with Gasteiger partial charge in [-0.05, 0) is 37.7 Å². The lowest BCUT2D eigenvalue weighted by molar-refractivity contribution is 0.0820. The van der Waals surface area contributed by atoms with Crippen LogP contribution in [0.1, 0.15) is 72.3 Å². The summed E-state index contributed by atoms with van der Waals surface area (Å²) in [6.07, 6.45) is 11.0. The summed E-state index contributed by atoms with van der Waals surface area (Å²) in [6, 6.07) is 11.5. The standard InChI is InChI=1S/C24H34N4O/c1-27(2)24(29)23-21-16-20(25-19-12-8-3-4-9-13-19)14-15-22(21)28(26-23)17-18-10-6-5-7-11-18/h5-7,10-11,19-20,25H,3-4,8-9,12-17H2,1-2H3. The molecule has 0 aliphatic heterocycles. The largest absolute Gasteiger partial charge is 0.343 e. The van der Waals surface area contributed by atoms with Crippen LogP contribution in [0.5, 0.6) is 0 Å². The Morgan fingerprint density at radius 2 is 1.79 bits per heavy atom. The maximum absolute atomic E-state index is 12.9. The highest BCUT2D eigenvalue weighted by Gasteiger charge is 2.30. The van der Waals surface area contributed by atoms with E-state index >= 15 is 0 Å². The average Bonchev–Trinajstić information content (AvgIpc) is 2.89. The molecule has 4 rings (SSSR count). The van der Waals surface area contributed by atoms with Crippen LogP contribution in [-0.2, 0) is 19.4 Å². The fourth-order valence-electron chi connectivity index (χ4n) is 4.88. The third-order valence-electron chi connectivity index (χ3n) is 6.46. The van der Waals surface area contributed by atoms with Crippen LogP contribution in [0.3, 0.4) is 0 Å². The van der Waals surface area contributed by atoms with Crippen molar-refractivity contribution in [3.8, 4) is 0 Å². The summed E-state index contributed by atoms with van der Waals surface area (Å²) in [5.74, 6) is 0.0168. The van der Waals surface area contributed by atoms with Crippen molar-refractivity contribution in [1.82, 2.24) is 20.0 Å². The van der Waals surface area contributed by atoms with Gasteiger partial charge in [0.05, 0.1) is 6.54 Å². The van der Waals surface area contributed by atoms with Gasteiger partial charge in [-0.2, -0.15) is 5.10 Å². The second-order valence-electron chi connectivity index (χ2n) is 8.91. The van der Waals surface area contributed by atoms with Gasteiger partial charge in [0, 0.05) is 37.4 Å². The molecule has 0 saturated heterocycles. The lowest BCUT2D eigenvalue weighted by atomic mass is 9.90. The lowest BCUT2D eigenvalue weighted by Gasteiger charge is -2.29. The van der Waals surface area contributed by atoms with E-state index in [9.17, 15) is 4.79 Å². The van der Waals surface area contributed by atoms with Crippen LogP contribution in [0, 0.1) is 0 Å². The van der Waals surface area contributed by atoms with E-state index in [0.717, 1.165) is 31.4 Å². The first-order chi connectivity index (χ1) is 14.1. The van der Waals surface area contributed by atoms with Crippen molar-refractivity contribution in [3.05, 3.63) is 52.8 Å². The maximum atomic E-state index is 12.9. The van der Waals surface area contributed by atoms with Gasteiger partial charge in [0.1, 0.15) is 0 Å². The molecule has 1 heterocycles. The van der Waals surface area contributed by atoms with Gasteiger partial charge in [-0.3, -0.25) is 9.48 Å². The zero-order valence-corrected chi connectivity index (χ0v) is 17.9. The quantitative estimate of drug-likeness (QED) is 0.785. The molecule has 1 aromatic heterocycles. The Balaban J connectivity index is 1.56. The minimum atomic E-state index is 0.0168. The van der Waals surface area contributed by atoms with E-state index in [1.807, 2.05) is 20.2 Å². The molecule has 2 aromatic rings. The number of rotatable bonds is 5. The molecule has 1 unspecified atom stereocenters. The summed E-state index contributed by atoms with van der Waals surface area (Å²) >= 11 is 0. The van der Waals surface area contributed by atoms with Gasteiger partial charge in [-0.1, -0.05) is 56.0 Å². The highest BCUT2D eigenvalue weighted by atomic mass is 16.2. The molecule has 1 fully saturated rings. The Kier molecular flexibility index (Phi) is 6.34. The molecular weight excluding hydrogens is 360 g/mol. The van der Waals surface area contributed by atoms with E-state index in [1.165, 1.54) is 49.8 Å². The van der Waals surface area contributed by atoms with Gasteiger partial charge < -0.3 is 10.2 Å². The Morgan fingerprint density at radius 1 is 1.07 bits per heavy atom. The highest BCUT2D eigenvalue weighted by molar-refractivity contribution is 5.93. The van der Waals surface area contributed by atoms with Crippen LogP contribution < -0.4 is 5.32 Å². The van der Waals surface area contributed by atoms with Crippen LogP contribution >= 0.6 is 0 Å². The first kappa shape index (κ1) is 20.1. The molecule has 156 valence electrons. The van der Waals surface area contributed by atoms with Crippen LogP contribution in [0.25, 0.3) is 0 Å². The van der Waals surface area contributed by atoms with E-state index in [2.05, 4.69) is 34.3 Å². The Labute approximate surface area is 174 Å². The lowest BCUT2D eigenvalue weighted by Crippen LogP contribution is -2.42. The van der Waals surface area contributed by atoms with Gasteiger partial charge in [-0.25, -0.2) is 0 Å². The summed E-state index contributed by atoms with van der Waals surface area (Å²) in [6.45, 7) is 0.727. The molecule has 1 amide bonds. The molecule has 2 aliphatic carbocycles. The van der Waals surface area contributed by atoms with Crippen molar-refractivity contribution >= 4 is 5.91 Å². The number of amides is 1. The number of benzene rings is 1. The predicted octanol–water partition coefficient (Wildman–Crippen LogP) is 3.80. The second kappa shape index (κ2) is 9.12. The molecule has 2 aliphatic rings. The van der Waals surface area contributed by atoms with Gasteiger partial charge in [0.15, 0.2) is 5.69 Å². The Bertz CT molecular complexity index is 819. The Morgan fingerprint density at radius 3 is 2.48 bits per heavy atom. The number of hydrogen-bond acceptors (Lipinski definition) is 3. The van der Waals surface area contributed by atoms with Crippen molar-refractivity contribution < 1.29 is 4.79 Å². The smallest absolute Gasteiger partial charge is 0.274 e. The molecule has 1 aromatic carbocycles. The number of aromatic nitrogens is 2. The van der Waals surface area contributed by atoms with Crippen molar-refractivity contribution in [1.29, 1.82) is 0 Å². The summed E-state index contributed by atoms with van der Waals surface area (Å²) in [4.78, 5) is 14.5. The van der Waals surface area contributed by atoms with Crippen LogP contribution in [-0.4, -0.2) is 46.8 Å². The molecule has 1 saturated carbocycles. The van der Waals surface area contributed by atoms with Crippen molar-refractivity contribution in [3.63, 3.8) is 0 Å². The maximum Gasteiger partial charge on any atom is 0.274 e. The van der Waals surface area contributed by atoms with Crippen LogP contribution in [0.2, 0.25) is 0 Å². The molecule has 5 heteroatoms. The number of carbonyl (C=O) groups is 1. The summed E-state index contributed by atoms with van der Waals surface area (Å²) in [5, 5.41) is 8.73. The molecule has 1 atom stereocenters. The molecule has 29 heavy (non-hydrogen) atoms. The molecule has 0 radical (unpaired) electrons. The predicted molar refractivity (Wildman–Crippen MR) is 116 cm³/mol. The first-order valence-electron chi connectivity index (χ1n) is 11.2. The van der Waals surface area contributed by atoms with Gasteiger partial charge in [-0.15, -0.1) is 0 Å². The fourth-order valence-corrected chi connectivity index (χ4v) is 4.88. The molecular formula is C24H34N4O. The van der Waals surface area contributed by atoms with Gasteiger partial charge in [0.2, 0.25) is 0 Å². The van der Waals surface area contributed by atoms with E-state index in [1.54, 1.807) is 4.90 Å². The minimum absolute atomic E-state index is 0.0168. The van der Waals surface area contributed by atoms with Gasteiger partial charge >= 0.3 is 0 Å². The fraction of sp³-hybridized carbons (Fsp3) is 0.583. The zero-order chi connectivity index (χ0) is 20.2. The zero-order valence-electron chi connectivity index (χ0n) is 17.9. The summed E-state index contributed by atoms with van der Waals surface area (Å²) in [5.41, 5.74) is 4.28. The van der Waals surface area contributed by atoms with E-state index < -0.39 is 0 Å². The number of fused-ring (bicyclic) bond motifs is 1. The molecule has 1 N–H and O–H groups in total. The average molecular weight is 395 g/mol. The third-order valence-corrected chi connectivity index (χ3v) is 6.46. The molecule has 5 nitrogen and oxygen atoms in total. The topological polar surface area (TPSA) is 50.2 Å². The molecule has 0 bridgehead atoms. The van der Waals surface area contributed by atoms with Crippen LogP contribution in [0.15, 0.2) is 30.3 Å². The number of hydrogen-bond donors (Lipinski definition) is 1. The number of nitrogens with zero attached hydrogens (tertiary/aromatic N) is 3. The van der Waals surface area contributed by atoms with Crippen molar-refractivity contribution in [2.45, 2.75) is 76.4 Å². The second-order valence-corrected chi connectivity index (χ2v) is 8.91. The van der Waals surface area contributed by atoms with Crippen molar-refractivity contribution in [2.24, 2.45) is 0 Å². The SMILES string of the molecule is CN(C)C(=O)c1nn(Cc2ccccc2)c2c1CC(NC1CCCCCC1)CC2. The highest BCUT2D eigenvalue weighted by Crippen LogP contribution is 2.28. The monoisotopic (exact) mass is 394 g/mol. The number of nitrogens with one attached hydrogen (secondary N) is 1. The normalized spacial score (nSPS) is 20.1. The van der Waals surface area contributed by atoms with Crippen LogP contribution in [0.4, 0.5) is 0 Å². The van der Waals surface area contributed by atoms with E-state index in [-0.39, 0.29) is 5.91 Å². The summed E-state index contributed by atoms with van der Waals surface area (Å²) < 4.78 is 2.07. The van der Waals surface area contributed by atoms with Crippen molar-refractivity contribution in [2.75, 3.05) is 14.1 Å². The molecule has 0 spiro atoms. The Hall–Kier alpha value is -2.14. The first-order valence-corrected chi connectivity index (χ1v) is 11.2. The minimum Gasteiger partial charge on any atom is -0.343 e.